The zero-order valence-electron chi connectivity index (χ0n) is 10.2. The number of rotatable bonds is 2. The average molecular weight is 249 g/mol. The quantitative estimate of drug-likeness (QED) is 0.817. The van der Waals surface area contributed by atoms with Gasteiger partial charge in [0.15, 0.2) is 8.32 Å². The number of hydrogen-bond donors (Lipinski definition) is 1. The van der Waals surface area contributed by atoms with Crippen molar-refractivity contribution in [1.82, 2.24) is 0 Å². The van der Waals surface area contributed by atoms with Gasteiger partial charge in [0.05, 0.1) is 0 Å². The second-order valence-corrected chi connectivity index (χ2v) is 9.55. The topological polar surface area (TPSA) is 62.5 Å². The maximum Gasteiger partial charge on any atom is 0.208 e. The number of hydrogen-bond acceptors (Lipinski definition) is 4. The van der Waals surface area contributed by atoms with Crippen molar-refractivity contribution in [3.63, 3.8) is 0 Å². The predicted molar refractivity (Wildman–Crippen MR) is 65.3 cm³/mol. The standard InChI is InChI=1S/C12H15NO3Si/c1-17(2,3)16-12(7-13)8-15-11-6-9(14)4-5-10(11)12/h4-6,14H,8H2,1-3H3. The molecule has 0 spiro atoms. The van der Waals surface area contributed by atoms with Crippen molar-refractivity contribution < 1.29 is 14.3 Å². The Labute approximate surface area is 102 Å². The van der Waals surface area contributed by atoms with Crippen LogP contribution in [0.2, 0.25) is 19.6 Å². The van der Waals surface area contributed by atoms with Gasteiger partial charge in [-0.15, -0.1) is 0 Å². The number of aromatic hydroxyl groups is 1. The Balaban J connectivity index is 2.45. The third kappa shape index (κ3) is 2.14. The molecule has 1 unspecified atom stereocenters. The van der Waals surface area contributed by atoms with Crippen LogP contribution >= 0.6 is 0 Å². The third-order valence-electron chi connectivity index (χ3n) is 2.49. The van der Waals surface area contributed by atoms with E-state index in [1.807, 2.05) is 19.6 Å². The SMILES string of the molecule is C[Si](C)(C)OC1(C#N)COc2cc(O)ccc21. The lowest BCUT2D eigenvalue weighted by Crippen LogP contribution is -2.40. The molecule has 1 aliphatic rings. The predicted octanol–water partition coefficient (Wildman–Crippen LogP) is 2.35. The summed E-state index contributed by atoms with van der Waals surface area (Å²) < 4.78 is 11.4. The summed E-state index contributed by atoms with van der Waals surface area (Å²) in [6, 6.07) is 6.98. The smallest absolute Gasteiger partial charge is 0.208 e. The summed E-state index contributed by atoms with van der Waals surface area (Å²) >= 11 is 0. The molecule has 1 aromatic carbocycles. The zero-order valence-corrected chi connectivity index (χ0v) is 11.2. The number of fused-ring (bicyclic) bond motifs is 1. The van der Waals surface area contributed by atoms with Crippen LogP contribution in [-0.4, -0.2) is 20.0 Å². The van der Waals surface area contributed by atoms with Gasteiger partial charge in [-0.25, -0.2) is 0 Å². The molecule has 1 aromatic rings. The first kappa shape index (κ1) is 12.0. The molecule has 1 atom stereocenters. The van der Waals surface area contributed by atoms with Crippen LogP contribution in [0.5, 0.6) is 11.5 Å². The van der Waals surface area contributed by atoms with Crippen molar-refractivity contribution in [3.05, 3.63) is 23.8 Å². The molecule has 0 bridgehead atoms. The minimum atomic E-state index is -1.86. The van der Waals surface area contributed by atoms with E-state index in [9.17, 15) is 10.4 Å². The van der Waals surface area contributed by atoms with Crippen molar-refractivity contribution in [2.24, 2.45) is 0 Å². The molecule has 2 rings (SSSR count). The lowest BCUT2D eigenvalue weighted by molar-refractivity contribution is 0.0891. The lowest BCUT2D eigenvalue weighted by Gasteiger charge is -2.29. The van der Waals surface area contributed by atoms with E-state index < -0.39 is 13.9 Å². The first-order chi connectivity index (χ1) is 7.86. The summed E-state index contributed by atoms with van der Waals surface area (Å²) in [6.45, 7) is 6.28. The molecule has 0 amide bonds. The molecule has 0 saturated heterocycles. The fourth-order valence-electron chi connectivity index (χ4n) is 1.94. The minimum absolute atomic E-state index is 0.130. The summed E-state index contributed by atoms with van der Waals surface area (Å²) in [6.07, 6.45) is 0. The highest BCUT2D eigenvalue weighted by Crippen LogP contribution is 2.42. The highest BCUT2D eigenvalue weighted by molar-refractivity contribution is 6.69. The Hall–Kier alpha value is -1.51. The molecule has 0 aliphatic carbocycles. The van der Waals surface area contributed by atoms with Crippen LogP contribution in [0, 0.1) is 11.3 Å². The molecule has 0 fully saturated rings. The number of phenols is 1. The van der Waals surface area contributed by atoms with Crippen molar-refractivity contribution in [2.75, 3.05) is 6.61 Å². The molecule has 90 valence electrons. The number of nitriles is 1. The highest BCUT2D eigenvalue weighted by Gasteiger charge is 2.45. The number of ether oxygens (including phenoxy) is 1. The van der Waals surface area contributed by atoms with Crippen LogP contribution in [0.1, 0.15) is 5.56 Å². The Morgan fingerprint density at radius 3 is 2.76 bits per heavy atom. The Morgan fingerprint density at radius 1 is 1.47 bits per heavy atom. The highest BCUT2D eigenvalue weighted by atomic mass is 28.4. The molecule has 1 N–H and O–H groups in total. The summed E-state index contributed by atoms with van der Waals surface area (Å²) in [5.74, 6) is 0.662. The van der Waals surface area contributed by atoms with Gasteiger partial charge in [-0.3, -0.25) is 0 Å². The summed E-state index contributed by atoms with van der Waals surface area (Å²) in [4.78, 5) is 0. The van der Waals surface area contributed by atoms with Crippen LogP contribution in [0.3, 0.4) is 0 Å². The van der Waals surface area contributed by atoms with E-state index >= 15 is 0 Å². The molecule has 5 heteroatoms. The van der Waals surface area contributed by atoms with Gasteiger partial charge in [-0.05, 0) is 31.8 Å². The van der Waals surface area contributed by atoms with E-state index in [2.05, 4.69) is 6.07 Å². The lowest BCUT2D eigenvalue weighted by atomic mass is 9.98. The molecule has 0 saturated carbocycles. The van der Waals surface area contributed by atoms with Gasteiger partial charge in [0.1, 0.15) is 24.2 Å². The van der Waals surface area contributed by atoms with Crippen LogP contribution in [0.15, 0.2) is 18.2 Å². The average Bonchev–Trinajstić information content (AvgIpc) is 2.55. The van der Waals surface area contributed by atoms with E-state index in [0.717, 1.165) is 0 Å². The van der Waals surface area contributed by atoms with Gasteiger partial charge in [-0.1, -0.05) is 0 Å². The Bertz CT molecular complexity index is 490. The molecular formula is C12H15NO3Si. The van der Waals surface area contributed by atoms with Crippen molar-refractivity contribution >= 4 is 8.32 Å². The first-order valence-electron chi connectivity index (χ1n) is 5.44. The second kappa shape index (κ2) is 3.76. The summed E-state index contributed by atoms with van der Waals surface area (Å²) in [5.41, 5.74) is -0.312. The molecule has 0 radical (unpaired) electrons. The molecule has 0 aromatic heterocycles. The molecule has 17 heavy (non-hydrogen) atoms. The number of nitrogens with zero attached hydrogens (tertiary/aromatic N) is 1. The van der Waals surface area contributed by atoms with Gasteiger partial charge >= 0.3 is 0 Å². The summed E-state index contributed by atoms with van der Waals surface area (Å²) in [7, 11) is -1.86. The van der Waals surface area contributed by atoms with Crippen molar-refractivity contribution in [1.29, 1.82) is 5.26 Å². The van der Waals surface area contributed by atoms with E-state index in [1.165, 1.54) is 6.07 Å². The van der Waals surface area contributed by atoms with Gasteiger partial charge in [0, 0.05) is 11.6 Å². The van der Waals surface area contributed by atoms with Crippen LogP contribution in [0.4, 0.5) is 0 Å². The van der Waals surface area contributed by atoms with Gasteiger partial charge in [-0.2, -0.15) is 5.26 Å². The van der Waals surface area contributed by atoms with E-state index in [4.69, 9.17) is 9.16 Å². The first-order valence-corrected chi connectivity index (χ1v) is 8.85. The van der Waals surface area contributed by atoms with Gasteiger partial charge < -0.3 is 14.3 Å². The van der Waals surface area contributed by atoms with E-state index in [-0.39, 0.29) is 12.4 Å². The fraction of sp³-hybridized carbons (Fsp3) is 0.417. The van der Waals surface area contributed by atoms with E-state index in [0.29, 0.717) is 11.3 Å². The van der Waals surface area contributed by atoms with Crippen molar-refractivity contribution in [3.8, 4) is 17.6 Å². The Kier molecular flexibility index (Phi) is 2.64. The molecule has 4 nitrogen and oxygen atoms in total. The van der Waals surface area contributed by atoms with Crippen molar-refractivity contribution in [2.45, 2.75) is 25.2 Å². The summed E-state index contributed by atoms with van der Waals surface area (Å²) in [5, 5.41) is 18.8. The monoisotopic (exact) mass is 249 g/mol. The second-order valence-electron chi connectivity index (χ2n) is 5.12. The van der Waals surface area contributed by atoms with Gasteiger partial charge in [0.2, 0.25) is 5.60 Å². The fourth-order valence-corrected chi connectivity index (χ4v) is 3.20. The number of benzene rings is 1. The largest absolute Gasteiger partial charge is 0.508 e. The maximum atomic E-state index is 9.40. The van der Waals surface area contributed by atoms with Crippen LogP contribution in [-0.2, 0) is 10.0 Å². The number of phenolic OH excluding ortho intramolecular Hbond substituents is 1. The zero-order chi connectivity index (χ0) is 12.7. The Morgan fingerprint density at radius 2 is 2.18 bits per heavy atom. The molecule has 1 heterocycles. The molecular weight excluding hydrogens is 234 g/mol. The third-order valence-corrected chi connectivity index (χ3v) is 3.45. The van der Waals surface area contributed by atoms with E-state index in [1.54, 1.807) is 12.1 Å². The van der Waals surface area contributed by atoms with Gasteiger partial charge in [0.25, 0.3) is 0 Å². The maximum absolute atomic E-state index is 9.40. The van der Waals surface area contributed by atoms with Crippen LogP contribution < -0.4 is 4.74 Å². The normalized spacial score (nSPS) is 22.7. The van der Waals surface area contributed by atoms with Crippen LogP contribution in [0.25, 0.3) is 0 Å². The minimum Gasteiger partial charge on any atom is -0.508 e. The molecule has 1 aliphatic heterocycles.